The van der Waals surface area contributed by atoms with E-state index in [9.17, 15) is 0 Å². The summed E-state index contributed by atoms with van der Waals surface area (Å²) >= 11 is 3.85. The Morgan fingerprint density at radius 2 is 1.94 bits per heavy atom. The van der Waals surface area contributed by atoms with E-state index in [1.807, 2.05) is 0 Å². The van der Waals surface area contributed by atoms with Crippen LogP contribution in [0.1, 0.15) is 53.4 Å². The van der Waals surface area contributed by atoms with Crippen LogP contribution >= 0.6 is 15.9 Å². The molecule has 0 radical (unpaired) electrons. The van der Waals surface area contributed by atoms with E-state index >= 15 is 0 Å². The molecule has 96 valence electrons. The Labute approximate surface area is 109 Å². The highest BCUT2D eigenvalue weighted by molar-refractivity contribution is 9.09. The quantitative estimate of drug-likeness (QED) is 0.541. The number of ether oxygens (including phenoxy) is 1. The first-order chi connectivity index (χ1) is 7.45. The highest BCUT2D eigenvalue weighted by atomic mass is 79.9. The molecule has 0 heterocycles. The number of hydrogen-bond acceptors (Lipinski definition) is 1. The first kappa shape index (κ1) is 14.5. The summed E-state index contributed by atoms with van der Waals surface area (Å²) in [5, 5.41) is 0. The first-order valence-electron chi connectivity index (χ1n) is 6.67. The van der Waals surface area contributed by atoms with Crippen LogP contribution in [0.25, 0.3) is 0 Å². The standard InChI is InChI=1S/C14H27BrO/c1-5-16-9-8-11-10-12(14(2,3)4)6-7-13(11)15/h11-13H,5-10H2,1-4H3. The van der Waals surface area contributed by atoms with Crippen LogP contribution in [0.4, 0.5) is 0 Å². The minimum atomic E-state index is 0.469. The van der Waals surface area contributed by atoms with Gasteiger partial charge in [-0.3, -0.25) is 0 Å². The molecule has 2 heteroatoms. The highest BCUT2D eigenvalue weighted by Crippen LogP contribution is 2.43. The molecule has 0 aromatic heterocycles. The van der Waals surface area contributed by atoms with Gasteiger partial charge < -0.3 is 4.74 Å². The Bertz CT molecular complexity index is 197. The summed E-state index contributed by atoms with van der Waals surface area (Å²) in [6.45, 7) is 11.0. The van der Waals surface area contributed by atoms with Crippen molar-refractivity contribution in [2.24, 2.45) is 17.3 Å². The third kappa shape index (κ3) is 4.37. The molecule has 1 fully saturated rings. The zero-order valence-electron chi connectivity index (χ0n) is 11.3. The Balaban J connectivity index is 2.42. The van der Waals surface area contributed by atoms with Crippen molar-refractivity contribution in [3.63, 3.8) is 0 Å². The number of rotatable bonds is 4. The lowest BCUT2D eigenvalue weighted by Gasteiger charge is -2.40. The monoisotopic (exact) mass is 290 g/mol. The zero-order valence-corrected chi connectivity index (χ0v) is 12.8. The third-order valence-corrected chi connectivity index (χ3v) is 5.16. The Morgan fingerprint density at radius 1 is 1.25 bits per heavy atom. The second-order valence-electron chi connectivity index (χ2n) is 6.14. The maximum atomic E-state index is 5.48. The molecule has 0 aromatic rings. The van der Waals surface area contributed by atoms with Gasteiger partial charge in [-0.15, -0.1) is 0 Å². The van der Waals surface area contributed by atoms with E-state index in [0.29, 0.717) is 10.2 Å². The lowest BCUT2D eigenvalue weighted by atomic mass is 9.68. The molecule has 3 atom stereocenters. The molecule has 0 N–H and O–H groups in total. The molecule has 0 spiro atoms. The van der Waals surface area contributed by atoms with Gasteiger partial charge in [0, 0.05) is 18.0 Å². The summed E-state index contributed by atoms with van der Waals surface area (Å²) < 4.78 is 5.48. The predicted octanol–water partition coefficient (Wildman–Crippen LogP) is 4.64. The molecule has 1 saturated carbocycles. The van der Waals surface area contributed by atoms with Crippen molar-refractivity contribution in [3.05, 3.63) is 0 Å². The molecule has 1 aliphatic rings. The van der Waals surface area contributed by atoms with E-state index in [0.717, 1.165) is 25.0 Å². The predicted molar refractivity (Wildman–Crippen MR) is 74.1 cm³/mol. The summed E-state index contributed by atoms with van der Waals surface area (Å²) in [7, 11) is 0. The van der Waals surface area contributed by atoms with Crippen molar-refractivity contribution < 1.29 is 4.74 Å². The normalized spacial score (nSPS) is 31.7. The Kier molecular flexibility index (Phi) is 5.79. The van der Waals surface area contributed by atoms with E-state index < -0.39 is 0 Å². The van der Waals surface area contributed by atoms with Crippen molar-refractivity contribution in [1.29, 1.82) is 0 Å². The van der Waals surface area contributed by atoms with E-state index in [1.165, 1.54) is 25.7 Å². The molecule has 0 aromatic carbocycles. The zero-order chi connectivity index (χ0) is 12.2. The van der Waals surface area contributed by atoms with Crippen molar-refractivity contribution >= 4 is 15.9 Å². The Hall–Kier alpha value is 0.440. The van der Waals surface area contributed by atoms with Gasteiger partial charge >= 0.3 is 0 Å². The molecule has 0 saturated heterocycles. The summed E-state index contributed by atoms with van der Waals surface area (Å²) in [6, 6.07) is 0. The fourth-order valence-electron chi connectivity index (χ4n) is 2.69. The maximum absolute atomic E-state index is 5.48. The van der Waals surface area contributed by atoms with Gasteiger partial charge in [0.05, 0.1) is 0 Å². The largest absolute Gasteiger partial charge is 0.382 e. The molecule has 1 rings (SSSR count). The van der Waals surface area contributed by atoms with Crippen molar-refractivity contribution in [1.82, 2.24) is 0 Å². The van der Waals surface area contributed by atoms with Gasteiger partial charge in [0.25, 0.3) is 0 Å². The topological polar surface area (TPSA) is 9.23 Å². The van der Waals surface area contributed by atoms with Crippen LogP contribution in [-0.2, 0) is 4.74 Å². The molecule has 1 aliphatic carbocycles. The minimum Gasteiger partial charge on any atom is -0.382 e. The lowest BCUT2D eigenvalue weighted by molar-refractivity contribution is 0.0986. The molecule has 1 nitrogen and oxygen atoms in total. The molecule has 0 amide bonds. The van der Waals surface area contributed by atoms with Gasteiger partial charge in [-0.2, -0.15) is 0 Å². The number of hydrogen-bond donors (Lipinski definition) is 0. The fourth-order valence-corrected chi connectivity index (χ4v) is 3.44. The van der Waals surface area contributed by atoms with Crippen LogP contribution < -0.4 is 0 Å². The van der Waals surface area contributed by atoms with Crippen molar-refractivity contribution in [3.8, 4) is 0 Å². The maximum Gasteiger partial charge on any atom is 0.0468 e. The van der Waals surface area contributed by atoms with Crippen LogP contribution in [0, 0.1) is 17.3 Å². The van der Waals surface area contributed by atoms with Gasteiger partial charge in [0.15, 0.2) is 0 Å². The molecule has 3 unspecified atom stereocenters. The molecular formula is C14H27BrO. The van der Waals surface area contributed by atoms with Crippen LogP contribution in [0.15, 0.2) is 0 Å². The number of alkyl halides is 1. The fraction of sp³-hybridized carbons (Fsp3) is 1.00. The highest BCUT2D eigenvalue weighted by Gasteiger charge is 2.34. The van der Waals surface area contributed by atoms with Crippen molar-refractivity contribution in [2.75, 3.05) is 13.2 Å². The van der Waals surface area contributed by atoms with Gasteiger partial charge in [0.2, 0.25) is 0 Å². The van der Waals surface area contributed by atoms with Gasteiger partial charge in [-0.1, -0.05) is 36.7 Å². The second-order valence-corrected chi connectivity index (χ2v) is 7.31. The van der Waals surface area contributed by atoms with E-state index in [4.69, 9.17) is 4.74 Å². The average Bonchev–Trinajstić information content (AvgIpc) is 2.19. The first-order valence-corrected chi connectivity index (χ1v) is 7.58. The van der Waals surface area contributed by atoms with Crippen LogP contribution in [0.3, 0.4) is 0 Å². The molecule has 0 bridgehead atoms. The molecule has 0 aliphatic heterocycles. The lowest BCUT2D eigenvalue weighted by Crippen LogP contribution is -2.32. The van der Waals surface area contributed by atoms with E-state index in [-0.39, 0.29) is 0 Å². The van der Waals surface area contributed by atoms with Gasteiger partial charge in [-0.25, -0.2) is 0 Å². The Morgan fingerprint density at radius 3 is 2.50 bits per heavy atom. The third-order valence-electron chi connectivity index (χ3n) is 3.95. The van der Waals surface area contributed by atoms with Gasteiger partial charge in [0.1, 0.15) is 0 Å². The van der Waals surface area contributed by atoms with E-state index in [1.54, 1.807) is 0 Å². The smallest absolute Gasteiger partial charge is 0.0468 e. The van der Waals surface area contributed by atoms with Crippen molar-refractivity contribution in [2.45, 2.75) is 58.2 Å². The van der Waals surface area contributed by atoms with Crippen LogP contribution in [-0.4, -0.2) is 18.0 Å². The van der Waals surface area contributed by atoms with Crippen LogP contribution in [0.5, 0.6) is 0 Å². The van der Waals surface area contributed by atoms with Crippen LogP contribution in [0.2, 0.25) is 0 Å². The average molecular weight is 291 g/mol. The molecular weight excluding hydrogens is 264 g/mol. The minimum absolute atomic E-state index is 0.469. The second kappa shape index (κ2) is 6.39. The van der Waals surface area contributed by atoms with E-state index in [2.05, 4.69) is 43.6 Å². The SMILES string of the molecule is CCOCCC1CC(C(C)(C)C)CCC1Br. The number of halogens is 1. The molecule has 16 heavy (non-hydrogen) atoms. The summed E-state index contributed by atoms with van der Waals surface area (Å²) in [5.41, 5.74) is 0.469. The van der Waals surface area contributed by atoms with Gasteiger partial charge in [-0.05, 0) is 49.9 Å². The summed E-state index contributed by atoms with van der Waals surface area (Å²) in [6.07, 6.45) is 5.30. The summed E-state index contributed by atoms with van der Waals surface area (Å²) in [4.78, 5) is 0.714. The summed E-state index contributed by atoms with van der Waals surface area (Å²) in [5.74, 6) is 1.69.